The molecule has 1 fully saturated rings. The highest BCUT2D eigenvalue weighted by molar-refractivity contribution is 7.20. The van der Waals surface area contributed by atoms with Crippen molar-refractivity contribution in [2.75, 3.05) is 7.11 Å². The normalized spacial score (nSPS) is 15.4. The van der Waals surface area contributed by atoms with E-state index in [9.17, 15) is 4.79 Å². The Morgan fingerprint density at radius 3 is 2.94 bits per heavy atom. The summed E-state index contributed by atoms with van der Waals surface area (Å²) < 4.78 is 5.86. The minimum atomic E-state index is -0.258. The molecule has 1 aromatic heterocycles. The van der Waals surface area contributed by atoms with E-state index < -0.39 is 0 Å². The third-order valence-electron chi connectivity index (χ3n) is 3.11. The Morgan fingerprint density at radius 2 is 2.22 bits per heavy atom. The second-order valence-electron chi connectivity index (χ2n) is 4.60. The smallest absolute Gasteiger partial charge is 0.348 e. The lowest BCUT2D eigenvalue weighted by molar-refractivity contribution is 0.0606. The van der Waals surface area contributed by atoms with Gasteiger partial charge in [-0.05, 0) is 47.9 Å². The van der Waals surface area contributed by atoms with Gasteiger partial charge in [0.05, 0.1) is 7.11 Å². The van der Waals surface area contributed by atoms with Crippen LogP contribution in [0.5, 0.6) is 0 Å². The van der Waals surface area contributed by atoms with Gasteiger partial charge in [-0.2, -0.15) is 0 Å². The molecular formula is C15H14O2S. The molecule has 0 N–H and O–H groups in total. The van der Waals surface area contributed by atoms with Crippen LogP contribution in [-0.2, 0) is 4.74 Å². The number of allylic oxidation sites excluding steroid dienone is 1. The first kappa shape index (κ1) is 11.5. The van der Waals surface area contributed by atoms with Crippen molar-refractivity contribution in [3.8, 4) is 0 Å². The predicted octanol–water partition coefficient (Wildman–Crippen LogP) is 4.11. The van der Waals surface area contributed by atoms with Crippen LogP contribution in [0, 0.1) is 5.92 Å². The Kier molecular flexibility index (Phi) is 2.92. The SMILES string of the molecule is COC(=O)c1cc2cc(/C=C/C3CC3)ccc2s1. The van der Waals surface area contributed by atoms with Crippen molar-refractivity contribution in [1.82, 2.24) is 0 Å². The number of esters is 1. The van der Waals surface area contributed by atoms with Crippen molar-refractivity contribution in [2.45, 2.75) is 12.8 Å². The standard InChI is InChI=1S/C15H14O2S/c1-17-15(16)14-9-12-8-11(5-4-10-2-3-10)6-7-13(12)18-14/h4-10H,2-3H2,1H3/b5-4+. The molecule has 18 heavy (non-hydrogen) atoms. The molecule has 2 aromatic rings. The van der Waals surface area contributed by atoms with Crippen LogP contribution in [0.4, 0.5) is 0 Å². The number of thiophene rings is 1. The largest absolute Gasteiger partial charge is 0.465 e. The van der Waals surface area contributed by atoms with Gasteiger partial charge in [-0.25, -0.2) is 4.79 Å². The molecular weight excluding hydrogens is 244 g/mol. The average Bonchev–Trinajstić information content (AvgIpc) is 3.12. The first-order chi connectivity index (χ1) is 8.76. The number of carbonyl (C=O) groups is 1. The van der Waals surface area contributed by atoms with Gasteiger partial charge >= 0.3 is 5.97 Å². The number of hydrogen-bond acceptors (Lipinski definition) is 3. The molecule has 1 aromatic carbocycles. The van der Waals surface area contributed by atoms with Gasteiger partial charge in [0.15, 0.2) is 0 Å². The van der Waals surface area contributed by atoms with Gasteiger partial charge in [-0.1, -0.05) is 18.2 Å². The molecule has 0 spiro atoms. The van der Waals surface area contributed by atoms with Crippen LogP contribution in [0.25, 0.3) is 16.2 Å². The lowest BCUT2D eigenvalue weighted by Crippen LogP contribution is -1.96. The fourth-order valence-electron chi connectivity index (χ4n) is 1.90. The van der Waals surface area contributed by atoms with E-state index in [2.05, 4.69) is 30.4 Å². The minimum Gasteiger partial charge on any atom is -0.465 e. The highest BCUT2D eigenvalue weighted by Gasteiger charge is 2.17. The number of hydrogen-bond donors (Lipinski definition) is 0. The summed E-state index contributed by atoms with van der Waals surface area (Å²) in [5.41, 5.74) is 1.20. The second-order valence-corrected chi connectivity index (χ2v) is 5.68. The lowest BCUT2D eigenvalue weighted by Gasteiger charge is -1.93. The first-order valence-corrected chi connectivity index (χ1v) is 6.88. The topological polar surface area (TPSA) is 26.3 Å². The lowest BCUT2D eigenvalue weighted by atomic mass is 10.1. The molecule has 1 aliphatic carbocycles. The Hall–Kier alpha value is -1.61. The summed E-state index contributed by atoms with van der Waals surface area (Å²) in [5, 5.41) is 1.11. The van der Waals surface area contributed by atoms with Gasteiger partial charge in [-0.3, -0.25) is 0 Å². The van der Waals surface area contributed by atoms with E-state index in [0.29, 0.717) is 4.88 Å². The fourth-order valence-corrected chi connectivity index (χ4v) is 2.86. The predicted molar refractivity (Wildman–Crippen MR) is 74.9 cm³/mol. The van der Waals surface area contributed by atoms with Gasteiger partial charge in [0.1, 0.15) is 4.88 Å². The molecule has 0 atom stereocenters. The number of ether oxygens (including phenoxy) is 1. The fraction of sp³-hybridized carbons (Fsp3) is 0.267. The van der Waals surface area contributed by atoms with Crippen molar-refractivity contribution in [1.29, 1.82) is 0 Å². The van der Waals surface area contributed by atoms with Gasteiger partial charge in [0, 0.05) is 4.70 Å². The van der Waals surface area contributed by atoms with E-state index in [-0.39, 0.29) is 5.97 Å². The van der Waals surface area contributed by atoms with Crippen LogP contribution in [0.2, 0.25) is 0 Å². The number of benzene rings is 1. The summed E-state index contributed by atoms with van der Waals surface area (Å²) >= 11 is 1.48. The molecule has 1 aliphatic rings. The maximum Gasteiger partial charge on any atom is 0.348 e. The molecule has 0 amide bonds. The molecule has 0 saturated heterocycles. The van der Waals surface area contributed by atoms with Gasteiger partial charge in [-0.15, -0.1) is 11.3 Å². The van der Waals surface area contributed by atoms with Crippen molar-refractivity contribution >= 4 is 33.5 Å². The molecule has 92 valence electrons. The summed E-state index contributed by atoms with van der Waals surface area (Å²) in [7, 11) is 1.41. The Bertz CT molecular complexity index is 620. The van der Waals surface area contributed by atoms with Crippen LogP contribution in [0.15, 0.2) is 30.3 Å². The summed E-state index contributed by atoms with van der Waals surface area (Å²) in [4.78, 5) is 12.1. The molecule has 0 unspecified atom stereocenters. The van der Waals surface area contributed by atoms with E-state index in [0.717, 1.165) is 16.0 Å². The van der Waals surface area contributed by atoms with Crippen LogP contribution in [-0.4, -0.2) is 13.1 Å². The quantitative estimate of drug-likeness (QED) is 0.774. The van der Waals surface area contributed by atoms with Crippen molar-refractivity contribution < 1.29 is 9.53 Å². The van der Waals surface area contributed by atoms with Crippen molar-refractivity contribution in [3.05, 3.63) is 40.8 Å². The summed E-state index contributed by atoms with van der Waals surface area (Å²) in [5.74, 6) is 0.528. The van der Waals surface area contributed by atoms with Crippen LogP contribution in [0.3, 0.4) is 0 Å². The zero-order valence-electron chi connectivity index (χ0n) is 10.2. The molecule has 0 bridgehead atoms. The third-order valence-corrected chi connectivity index (χ3v) is 4.21. The summed E-state index contributed by atoms with van der Waals surface area (Å²) in [6.45, 7) is 0. The van der Waals surface area contributed by atoms with Crippen LogP contribution >= 0.6 is 11.3 Å². The van der Waals surface area contributed by atoms with Crippen molar-refractivity contribution in [3.63, 3.8) is 0 Å². The maximum atomic E-state index is 11.5. The summed E-state index contributed by atoms with van der Waals surface area (Å²) in [6.07, 6.45) is 7.09. The third kappa shape index (κ3) is 2.31. The molecule has 3 rings (SSSR count). The van der Waals surface area contributed by atoms with E-state index in [1.165, 1.54) is 36.9 Å². The molecule has 2 nitrogen and oxygen atoms in total. The highest BCUT2D eigenvalue weighted by atomic mass is 32.1. The second kappa shape index (κ2) is 4.58. The van der Waals surface area contributed by atoms with Crippen molar-refractivity contribution in [2.24, 2.45) is 5.92 Å². The van der Waals surface area contributed by atoms with E-state index in [1.54, 1.807) is 0 Å². The Balaban J connectivity index is 1.93. The minimum absolute atomic E-state index is 0.258. The Morgan fingerprint density at radius 1 is 1.39 bits per heavy atom. The van der Waals surface area contributed by atoms with Crippen LogP contribution < -0.4 is 0 Å². The summed E-state index contributed by atoms with van der Waals surface area (Å²) in [6, 6.07) is 8.19. The molecule has 3 heteroatoms. The molecule has 0 radical (unpaired) electrons. The number of methoxy groups -OCH3 is 1. The monoisotopic (exact) mass is 258 g/mol. The number of fused-ring (bicyclic) bond motifs is 1. The van der Waals surface area contributed by atoms with Gasteiger partial charge in [0.2, 0.25) is 0 Å². The molecule has 1 heterocycles. The number of rotatable bonds is 3. The Labute approximate surface area is 110 Å². The highest BCUT2D eigenvalue weighted by Crippen LogP contribution is 2.32. The van der Waals surface area contributed by atoms with E-state index >= 15 is 0 Å². The van der Waals surface area contributed by atoms with E-state index in [4.69, 9.17) is 4.74 Å². The van der Waals surface area contributed by atoms with Crippen LogP contribution in [0.1, 0.15) is 28.1 Å². The zero-order chi connectivity index (χ0) is 12.5. The molecule has 1 saturated carbocycles. The number of carbonyl (C=O) groups excluding carboxylic acids is 1. The zero-order valence-corrected chi connectivity index (χ0v) is 11.0. The average molecular weight is 258 g/mol. The van der Waals surface area contributed by atoms with Gasteiger partial charge in [0.25, 0.3) is 0 Å². The molecule has 0 aliphatic heterocycles. The van der Waals surface area contributed by atoms with Gasteiger partial charge < -0.3 is 4.74 Å². The maximum absolute atomic E-state index is 11.5. The first-order valence-electron chi connectivity index (χ1n) is 6.06. The van der Waals surface area contributed by atoms with E-state index in [1.807, 2.05) is 6.07 Å².